The number of carbonyl (C=O) groups excluding carboxylic acids is 2. The minimum absolute atomic E-state index is 0.209. The van der Waals surface area contributed by atoms with Crippen LogP contribution in [0.4, 0.5) is 10.1 Å². The van der Waals surface area contributed by atoms with Crippen LogP contribution in [0.25, 0.3) is 0 Å². The van der Waals surface area contributed by atoms with Crippen LogP contribution in [0, 0.1) is 5.82 Å². The molecule has 0 aliphatic carbocycles. The Labute approximate surface area is 173 Å². The van der Waals surface area contributed by atoms with Gasteiger partial charge in [0, 0.05) is 22.9 Å². The van der Waals surface area contributed by atoms with Crippen LogP contribution in [-0.4, -0.2) is 32.5 Å². The predicted molar refractivity (Wildman–Crippen MR) is 110 cm³/mol. The van der Waals surface area contributed by atoms with E-state index < -0.39 is 5.82 Å². The van der Waals surface area contributed by atoms with Gasteiger partial charge in [-0.3, -0.25) is 9.59 Å². The zero-order valence-electron chi connectivity index (χ0n) is 16.5. The Kier molecular flexibility index (Phi) is 6.64. The molecule has 3 aromatic carbocycles. The molecule has 0 aromatic heterocycles. The summed E-state index contributed by atoms with van der Waals surface area (Å²) >= 11 is 0. The Bertz CT molecular complexity index is 1030. The van der Waals surface area contributed by atoms with Gasteiger partial charge in [0.1, 0.15) is 11.6 Å². The number of nitrogens with one attached hydrogen (secondary N) is 1. The van der Waals surface area contributed by atoms with E-state index in [0.717, 1.165) is 0 Å². The number of rotatable bonds is 8. The minimum atomic E-state index is -0.401. The summed E-state index contributed by atoms with van der Waals surface area (Å²) in [6, 6.07) is 16.7. The largest absolute Gasteiger partial charge is 0.493 e. The zero-order chi connectivity index (χ0) is 21.5. The Morgan fingerprint density at radius 2 is 1.43 bits per heavy atom. The van der Waals surface area contributed by atoms with E-state index in [1.807, 2.05) is 0 Å². The van der Waals surface area contributed by atoms with Crippen LogP contribution >= 0.6 is 0 Å². The third-order valence-corrected chi connectivity index (χ3v) is 4.26. The molecule has 0 aliphatic rings. The van der Waals surface area contributed by atoms with Crippen molar-refractivity contribution in [2.75, 3.05) is 26.1 Å². The molecule has 0 spiro atoms. The molecule has 1 N–H and O–H groups in total. The molecule has 7 heteroatoms. The summed E-state index contributed by atoms with van der Waals surface area (Å²) in [5.41, 5.74) is 1.37. The molecule has 0 saturated heterocycles. The summed E-state index contributed by atoms with van der Waals surface area (Å²) in [6.45, 7) is -0.209. The molecule has 0 fully saturated rings. The number of benzene rings is 3. The molecule has 0 saturated carbocycles. The number of halogens is 1. The molecule has 0 heterocycles. The molecule has 0 atom stereocenters. The maximum absolute atomic E-state index is 13.0. The van der Waals surface area contributed by atoms with Crippen molar-refractivity contribution >= 4 is 17.4 Å². The first-order chi connectivity index (χ1) is 14.5. The molecule has 6 nitrogen and oxygen atoms in total. The molecule has 3 aromatic rings. The lowest BCUT2D eigenvalue weighted by Crippen LogP contribution is -2.20. The second-order valence-electron chi connectivity index (χ2n) is 6.27. The third-order valence-electron chi connectivity index (χ3n) is 4.26. The van der Waals surface area contributed by atoms with Crippen LogP contribution < -0.4 is 19.5 Å². The molecule has 30 heavy (non-hydrogen) atoms. The number of hydrogen-bond acceptors (Lipinski definition) is 5. The lowest BCUT2D eigenvalue weighted by molar-refractivity contribution is -0.118. The summed E-state index contributed by atoms with van der Waals surface area (Å²) in [5.74, 6) is 0.510. The number of ether oxygens (including phenoxy) is 3. The van der Waals surface area contributed by atoms with Crippen molar-refractivity contribution in [1.82, 2.24) is 0 Å². The van der Waals surface area contributed by atoms with Gasteiger partial charge in [0.25, 0.3) is 5.91 Å². The minimum Gasteiger partial charge on any atom is -0.493 e. The Balaban J connectivity index is 1.56. The van der Waals surface area contributed by atoms with Gasteiger partial charge in [-0.05, 0) is 60.7 Å². The van der Waals surface area contributed by atoms with Gasteiger partial charge in [-0.1, -0.05) is 0 Å². The first kappa shape index (κ1) is 20.9. The molecule has 154 valence electrons. The summed E-state index contributed by atoms with van der Waals surface area (Å²) in [6.07, 6.45) is 0. The van der Waals surface area contributed by atoms with Crippen LogP contribution in [0.3, 0.4) is 0 Å². The van der Waals surface area contributed by atoms with Crippen LogP contribution in [0.2, 0.25) is 0 Å². The van der Waals surface area contributed by atoms with Crippen molar-refractivity contribution in [1.29, 1.82) is 0 Å². The van der Waals surface area contributed by atoms with Gasteiger partial charge in [-0.15, -0.1) is 0 Å². The summed E-state index contributed by atoms with van der Waals surface area (Å²) in [7, 11) is 3.04. The van der Waals surface area contributed by atoms with Crippen molar-refractivity contribution in [2.24, 2.45) is 0 Å². The summed E-state index contributed by atoms with van der Waals surface area (Å²) in [4.78, 5) is 24.5. The normalized spacial score (nSPS) is 10.2. The van der Waals surface area contributed by atoms with E-state index in [1.54, 1.807) is 42.5 Å². The second kappa shape index (κ2) is 9.56. The maximum Gasteiger partial charge on any atom is 0.262 e. The third kappa shape index (κ3) is 5.14. The van der Waals surface area contributed by atoms with Crippen molar-refractivity contribution in [3.63, 3.8) is 0 Å². The SMILES string of the molecule is COc1ccc(NC(=O)COc2ccc(C(=O)c3ccc(F)cc3)cc2)cc1OC. The van der Waals surface area contributed by atoms with Gasteiger partial charge in [0.15, 0.2) is 23.9 Å². The highest BCUT2D eigenvalue weighted by molar-refractivity contribution is 6.09. The fourth-order valence-electron chi connectivity index (χ4n) is 2.73. The molecular weight excluding hydrogens is 389 g/mol. The standard InChI is InChI=1S/C23H20FNO5/c1-28-20-12-9-18(13-21(20)29-2)25-22(26)14-30-19-10-5-16(6-11-19)23(27)15-3-7-17(24)8-4-15/h3-13H,14H2,1-2H3,(H,25,26). The Morgan fingerprint density at radius 3 is 2.03 bits per heavy atom. The molecular formula is C23H20FNO5. The number of amides is 1. The average molecular weight is 409 g/mol. The van der Waals surface area contributed by atoms with E-state index in [-0.39, 0.29) is 18.3 Å². The molecule has 0 aliphatic heterocycles. The lowest BCUT2D eigenvalue weighted by atomic mass is 10.0. The predicted octanol–water partition coefficient (Wildman–Crippen LogP) is 4.09. The average Bonchev–Trinajstić information content (AvgIpc) is 2.78. The molecule has 0 unspecified atom stereocenters. The first-order valence-electron chi connectivity index (χ1n) is 9.05. The van der Waals surface area contributed by atoms with Crippen LogP contribution in [0.15, 0.2) is 66.7 Å². The fourth-order valence-corrected chi connectivity index (χ4v) is 2.73. The smallest absolute Gasteiger partial charge is 0.262 e. The van der Waals surface area contributed by atoms with Gasteiger partial charge < -0.3 is 19.5 Å². The zero-order valence-corrected chi connectivity index (χ0v) is 16.5. The van der Waals surface area contributed by atoms with E-state index >= 15 is 0 Å². The molecule has 0 radical (unpaired) electrons. The maximum atomic E-state index is 13.0. The van der Waals surface area contributed by atoms with Gasteiger partial charge in [0.2, 0.25) is 0 Å². The summed E-state index contributed by atoms with van der Waals surface area (Å²) in [5, 5.41) is 2.71. The number of ketones is 1. The van der Waals surface area contributed by atoms with Crippen molar-refractivity contribution < 1.29 is 28.2 Å². The molecule has 3 rings (SSSR count). The highest BCUT2D eigenvalue weighted by Gasteiger charge is 2.11. The van der Waals surface area contributed by atoms with E-state index in [1.165, 1.54) is 38.5 Å². The Hall–Kier alpha value is -3.87. The van der Waals surface area contributed by atoms with Crippen LogP contribution in [0.5, 0.6) is 17.2 Å². The highest BCUT2D eigenvalue weighted by Crippen LogP contribution is 2.29. The second-order valence-corrected chi connectivity index (χ2v) is 6.27. The number of anilines is 1. The van der Waals surface area contributed by atoms with Gasteiger partial charge in [-0.25, -0.2) is 4.39 Å². The van der Waals surface area contributed by atoms with Gasteiger partial charge in [0.05, 0.1) is 14.2 Å². The highest BCUT2D eigenvalue weighted by atomic mass is 19.1. The summed E-state index contributed by atoms with van der Waals surface area (Å²) < 4.78 is 28.8. The molecule has 0 bridgehead atoms. The topological polar surface area (TPSA) is 73.9 Å². The van der Waals surface area contributed by atoms with Gasteiger partial charge in [-0.2, -0.15) is 0 Å². The van der Waals surface area contributed by atoms with E-state index in [9.17, 15) is 14.0 Å². The quantitative estimate of drug-likeness (QED) is 0.567. The van der Waals surface area contributed by atoms with Crippen LogP contribution in [-0.2, 0) is 4.79 Å². The number of hydrogen-bond donors (Lipinski definition) is 1. The lowest BCUT2D eigenvalue weighted by Gasteiger charge is -2.11. The molecule has 1 amide bonds. The Morgan fingerprint density at radius 1 is 0.833 bits per heavy atom. The van der Waals surface area contributed by atoms with Crippen molar-refractivity contribution in [2.45, 2.75) is 0 Å². The monoisotopic (exact) mass is 409 g/mol. The van der Waals surface area contributed by atoms with Crippen molar-refractivity contribution in [3.05, 3.63) is 83.7 Å². The van der Waals surface area contributed by atoms with E-state index in [0.29, 0.717) is 34.1 Å². The fraction of sp³-hybridized carbons (Fsp3) is 0.130. The van der Waals surface area contributed by atoms with E-state index in [2.05, 4.69) is 5.32 Å². The van der Waals surface area contributed by atoms with Gasteiger partial charge >= 0.3 is 0 Å². The van der Waals surface area contributed by atoms with E-state index in [4.69, 9.17) is 14.2 Å². The van der Waals surface area contributed by atoms with Crippen molar-refractivity contribution in [3.8, 4) is 17.2 Å². The first-order valence-corrected chi connectivity index (χ1v) is 9.05. The van der Waals surface area contributed by atoms with Crippen LogP contribution in [0.1, 0.15) is 15.9 Å². The number of carbonyl (C=O) groups is 2. The number of methoxy groups -OCH3 is 2.